The van der Waals surface area contributed by atoms with Crippen molar-refractivity contribution in [2.24, 2.45) is 0 Å². The molecule has 0 radical (unpaired) electrons. The first-order valence-corrected chi connectivity index (χ1v) is 11.3. The Kier molecular flexibility index (Phi) is 8.04. The molecule has 1 aromatic heterocycles. The maximum absolute atomic E-state index is 12.5. The number of rotatable bonds is 10. The van der Waals surface area contributed by atoms with Crippen LogP contribution in [-0.4, -0.2) is 34.2 Å². The van der Waals surface area contributed by atoms with Crippen molar-refractivity contribution in [3.8, 4) is 17.0 Å². The van der Waals surface area contributed by atoms with Gasteiger partial charge in [-0.1, -0.05) is 60.7 Å². The number of hydrogen-bond donors (Lipinski definition) is 2. The molecule has 3 aromatic carbocycles. The number of benzene rings is 3. The zero-order valence-electron chi connectivity index (χ0n) is 19.4. The van der Waals surface area contributed by atoms with E-state index in [1.807, 2.05) is 84.9 Å². The number of anilines is 1. The Labute approximate surface area is 204 Å². The zero-order chi connectivity index (χ0) is 24.5. The summed E-state index contributed by atoms with van der Waals surface area (Å²) in [5, 5.41) is 13.3. The van der Waals surface area contributed by atoms with Crippen LogP contribution >= 0.6 is 0 Å². The second kappa shape index (κ2) is 11.8. The monoisotopic (exact) mass is 469 g/mol. The van der Waals surface area contributed by atoms with Crippen molar-refractivity contribution in [2.75, 3.05) is 12.4 Å². The number of hydrogen-bond acceptors (Lipinski definition) is 7. The van der Waals surface area contributed by atoms with Crippen LogP contribution in [0.25, 0.3) is 11.3 Å². The van der Waals surface area contributed by atoms with Gasteiger partial charge in [0.25, 0.3) is 0 Å². The predicted octanol–water partition coefficient (Wildman–Crippen LogP) is 4.41. The van der Waals surface area contributed by atoms with E-state index in [1.54, 1.807) is 0 Å². The minimum atomic E-state index is -0.677. The molecule has 0 saturated heterocycles. The van der Waals surface area contributed by atoms with Gasteiger partial charge < -0.3 is 19.9 Å². The molecular formula is C28H27N3O4. The van der Waals surface area contributed by atoms with E-state index in [4.69, 9.17) is 9.47 Å². The lowest BCUT2D eigenvalue weighted by atomic mass is 10.0. The molecule has 178 valence electrons. The van der Waals surface area contributed by atoms with Gasteiger partial charge in [0.1, 0.15) is 30.5 Å². The molecule has 0 bridgehead atoms. The molecule has 1 heterocycles. The summed E-state index contributed by atoms with van der Waals surface area (Å²) in [6.07, 6.45) is 1.82. The molecule has 35 heavy (non-hydrogen) atoms. The van der Waals surface area contributed by atoms with Crippen molar-refractivity contribution < 1.29 is 19.4 Å². The van der Waals surface area contributed by atoms with Crippen LogP contribution < -0.4 is 10.1 Å². The third-order valence-corrected chi connectivity index (χ3v) is 5.56. The van der Waals surface area contributed by atoms with Gasteiger partial charge in [-0.15, -0.1) is 0 Å². The minimum absolute atomic E-state index is 0.302. The van der Waals surface area contributed by atoms with Crippen LogP contribution in [0.4, 0.5) is 5.82 Å². The number of carbonyl (C=O) groups is 1. The van der Waals surface area contributed by atoms with Gasteiger partial charge in [-0.2, -0.15) is 0 Å². The number of nitrogens with zero attached hydrogens (tertiary/aromatic N) is 2. The SMILES string of the molecule is COC(=O)[C@H](Cc1ccccc1)Nc1ncnc(-c2ccc(OCc3ccccc3)cc2)c1CO. The maximum atomic E-state index is 12.5. The van der Waals surface area contributed by atoms with Gasteiger partial charge >= 0.3 is 5.97 Å². The van der Waals surface area contributed by atoms with E-state index >= 15 is 0 Å². The maximum Gasteiger partial charge on any atom is 0.328 e. The van der Waals surface area contributed by atoms with Crippen molar-refractivity contribution in [1.29, 1.82) is 0 Å². The highest BCUT2D eigenvalue weighted by molar-refractivity contribution is 5.80. The fourth-order valence-electron chi connectivity index (χ4n) is 3.74. The molecule has 4 aromatic rings. The average Bonchev–Trinajstić information content (AvgIpc) is 2.92. The molecule has 0 fully saturated rings. The van der Waals surface area contributed by atoms with Crippen LogP contribution in [0.15, 0.2) is 91.3 Å². The third-order valence-electron chi connectivity index (χ3n) is 5.56. The highest BCUT2D eigenvalue weighted by Crippen LogP contribution is 2.28. The molecule has 7 heteroatoms. The molecule has 0 aliphatic carbocycles. The lowest BCUT2D eigenvalue weighted by Gasteiger charge is -2.20. The standard InChI is InChI=1S/C28H27N3O4/c1-34-28(33)25(16-20-8-4-2-5-9-20)31-27-24(17-32)26(29-19-30-27)22-12-14-23(15-13-22)35-18-21-10-6-3-7-11-21/h2-15,19,25,32H,16-18H2,1H3,(H,29,30,31)/t25-/m0/s1. The lowest BCUT2D eigenvalue weighted by Crippen LogP contribution is -2.33. The van der Waals surface area contributed by atoms with Gasteiger partial charge in [0.2, 0.25) is 0 Å². The average molecular weight is 470 g/mol. The number of esters is 1. The second-order valence-corrected chi connectivity index (χ2v) is 7.92. The Morgan fingerprint density at radius 1 is 0.914 bits per heavy atom. The van der Waals surface area contributed by atoms with Crippen LogP contribution in [0.3, 0.4) is 0 Å². The number of aliphatic hydroxyl groups excluding tert-OH is 1. The number of methoxy groups -OCH3 is 1. The van der Waals surface area contributed by atoms with E-state index in [0.717, 1.165) is 22.4 Å². The molecule has 0 amide bonds. The molecule has 0 aliphatic heterocycles. The normalized spacial score (nSPS) is 11.5. The smallest absolute Gasteiger partial charge is 0.328 e. The van der Waals surface area contributed by atoms with Gasteiger partial charge in [-0.3, -0.25) is 0 Å². The number of aromatic nitrogens is 2. The van der Waals surface area contributed by atoms with E-state index in [2.05, 4.69) is 15.3 Å². The molecule has 2 N–H and O–H groups in total. The van der Waals surface area contributed by atoms with Crippen LogP contribution in [0.5, 0.6) is 5.75 Å². The fourth-order valence-corrected chi connectivity index (χ4v) is 3.74. The molecule has 0 saturated carbocycles. The van der Waals surface area contributed by atoms with E-state index in [1.165, 1.54) is 13.4 Å². The summed E-state index contributed by atoms with van der Waals surface area (Å²) >= 11 is 0. The zero-order valence-corrected chi connectivity index (χ0v) is 19.4. The largest absolute Gasteiger partial charge is 0.489 e. The van der Waals surface area contributed by atoms with Gasteiger partial charge in [0, 0.05) is 17.5 Å². The van der Waals surface area contributed by atoms with Gasteiger partial charge in [-0.05, 0) is 35.4 Å². The lowest BCUT2D eigenvalue weighted by molar-refractivity contribution is -0.141. The molecule has 1 atom stereocenters. The summed E-state index contributed by atoms with van der Waals surface area (Å²) in [6, 6.07) is 26.4. The third kappa shape index (κ3) is 6.22. The summed E-state index contributed by atoms with van der Waals surface area (Å²) in [5.74, 6) is 0.690. The number of ether oxygens (including phenoxy) is 2. The second-order valence-electron chi connectivity index (χ2n) is 7.92. The quantitative estimate of drug-likeness (QED) is 0.332. The molecular weight excluding hydrogens is 442 g/mol. The van der Waals surface area contributed by atoms with Crippen molar-refractivity contribution in [2.45, 2.75) is 25.7 Å². The van der Waals surface area contributed by atoms with Crippen LogP contribution in [-0.2, 0) is 29.2 Å². The van der Waals surface area contributed by atoms with E-state index in [-0.39, 0.29) is 6.61 Å². The van der Waals surface area contributed by atoms with Crippen LogP contribution in [0, 0.1) is 0 Å². The van der Waals surface area contributed by atoms with Gasteiger partial charge in [0.15, 0.2) is 0 Å². The van der Waals surface area contributed by atoms with Crippen molar-refractivity contribution in [3.63, 3.8) is 0 Å². The Morgan fingerprint density at radius 2 is 1.57 bits per heavy atom. The predicted molar refractivity (Wildman–Crippen MR) is 134 cm³/mol. The van der Waals surface area contributed by atoms with Crippen LogP contribution in [0.2, 0.25) is 0 Å². The van der Waals surface area contributed by atoms with Crippen molar-refractivity contribution >= 4 is 11.8 Å². The first-order valence-electron chi connectivity index (χ1n) is 11.3. The van der Waals surface area contributed by atoms with Gasteiger partial charge in [0.05, 0.1) is 19.4 Å². The number of aliphatic hydroxyl groups is 1. The van der Waals surface area contributed by atoms with E-state index in [9.17, 15) is 9.90 Å². The molecule has 7 nitrogen and oxygen atoms in total. The first kappa shape index (κ1) is 23.9. The summed E-state index contributed by atoms with van der Waals surface area (Å²) < 4.78 is 10.9. The first-order chi connectivity index (χ1) is 17.2. The Bertz CT molecular complexity index is 1230. The van der Waals surface area contributed by atoms with Gasteiger partial charge in [-0.25, -0.2) is 14.8 Å². The minimum Gasteiger partial charge on any atom is -0.489 e. The molecule has 0 unspecified atom stereocenters. The Hall–Kier alpha value is -4.23. The Morgan fingerprint density at radius 3 is 2.20 bits per heavy atom. The number of nitrogens with one attached hydrogen (secondary N) is 1. The number of carbonyl (C=O) groups excluding carboxylic acids is 1. The summed E-state index contributed by atoms with van der Waals surface area (Å²) in [4.78, 5) is 21.2. The van der Waals surface area contributed by atoms with Crippen molar-refractivity contribution in [1.82, 2.24) is 9.97 Å². The molecule has 4 rings (SSSR count). The van der Waals surface area contributed by atoms with E-state index < -0.39 is 12.0 Å². The summed E-state index contributed by atoms with van der Waals surface area (Å²) in [6.45, 7) is 0.171. The summed E-state index contributed by atoms with van der Waals surface area (Å²) in [7, 11) is 1.35. The Balaban J connectivity index is 1.53. The topological polar surface area (TPSA) is 93.6 Å². The highest BCUT2D eigenvalue weighted by Gasteiger charge is 2.23. The molecule has 0 spiro atoms. The molecule has 0 aliphatic rings. The van der Waals surface area contributed by atoms with Crippen LogP contribution in [0.1, 0.15) is 16.7 Å². The van der Waals surface area contributed by atoms with Crippen molar-refractivity contribution in [3.05, 3.63) is 108 Å². The highest BCUT2D eigenvalue weighted by atomic mass is 16.5. The summed E-state index contributed by atoms with van der Waals surface area (Å²) in [5.41, 5.74) is 3.92. The van der Waals surface area contributed by atoms with E-state index in [0.29, 0.717) is 30.1 Å². The fraction of sp³-hybridized carbons (Fsp3) is 0.179.